The summed E-state index contributed by atoms with van der Waals surface area (Å²) in [6, 6.07) is 0. The molecule has 1 aliphatic heterocycles. The number of aliphatic imine (C=N–C) groups is 1. The van der Waals surface area contributed by atoms with Crippen molar-refractivity contribution in [1.29, 1.82) is 0 Å². The Hall–Kier alpha value is -0.770. The van der Waals surface area contributed by atoms with Crippen LogP contribution in [0.1, 0.15) is 19.3 Å². The Morgan fingerprint density at radius 1 is 1.24 bits per heavy atom. The normalized spacial score (nSPS) is 21.1. The Labute approximate surface area is 106 Å². The lowest BCUT2D eigenvalue weighted by Gasteiger charge is -2.29. The van der Waals surface area contributed by atoms with Crippen molar-refractivity contribution in [2.24, 2.45) is 10.9 Å². The van der Waals surface area contributed by atoms with Gasteiger partial charge < -0.3 is 14.7 Å². The lowest BCUT2D eigenvalue weighted by molar-refractivity contribution is 0.204. The summed E-state index contributed by atoms with van der Waals surface area (Å²) in [5.41, 5.74) is 0. The van der Waals surface area contributed by atoms with Gasteiger partial charge in [0.2, 0.25) is 0 Å². The minimum absolute atomic E-state index is 0.836. The Morgan fingerprint density at radius 2 is 1.88 bits per heavy atom. The average molecular weight is 240 g/mol. The molecule has 0 aromatic heterocycles. The largest absolute Gasteiger partial charge is 0.349 e. The van der Waals surface area contributed by atoms with E-state index in [2.05, 4.69) is 21.7 Å². The molecule has 0 aliphatic carbocycles. The fraction of sp³-hybridized carbons (Fsp3) is 0.923. The standard InChI is InChI=1S/C13H28N4/c1-15(2)13(16(3)4)14-9-8-12-7-6-10-17(5)11-12/h12H,6-11H2,1-5H3. The van der Waals surface area contributed by atoms with Crippen LogP contribution in [-0.2, 0) is 0 Å². The predicted octanol–water partition coefficient (Wildman–Crippen LogP) is 1.20. The van der Waals surface area contributed by atoms with E-state index in [1.54, 1.807) is 0 Å². The molecular formula is C13H28N4. The van der Waals surface area contributed by atoms with E-state index in [-0.39, 0.29) is 0 Å². The van der Waals surface area contributed by atoms with Gasteiger partial charge in [-0.25, -0.2) is 0 Å². The summed E-state index contributed by atoms with van der Waals surface area (Å²) in [5, 5.41) is 0. The molecule has 0 bridgehead atoms. The van der Waals surface area contributed by atoms with Crippen LogP contribution in [-0.4, -0.2) is 75.5 Å². The first-order valence-corrected chi connectivity index (χ1v) is 6.58. The molecule has 1 aliphatic rings. The first-order valence-electron chi connectivity index (χ1n) is 6.58. The molecule has 1 fully saturated rings. The van der Waals surface area contributed by atoms with Gasteiger partial charge in [0.25, 0.3) is 0 Å². The second-order valence-electron chi connectivity index (χ2n) is 5.53. The summed E-state index contributed by atoms with van der Waals surface area (Å²) < 4.78 is 0. The zero-order valence-corrected chi connectivity index (χ0v) is 12.1. The molecule has 0 saturated carbocycles. The van der Waals surface area contributed by atoms with Gasteiger partial charge in [-0.05, 0) is 38.8 Å². The fourth-order valence-corrected chi connectivity index (χ4v) is 2.54. The van der Waals surface area contributed by atoms with Crippen molar-refractivity contribution in [2.75, 3.05) is 54.9 Å². The van der Waals surface area contributed by atoms with Gasteiger partial charge in [0.05, 0.1) is 0 Å². The zero-order chi connectivity index (χ0) is 12.8. The summed E-state index contributed by atoms with van der Waals surface area (Å²) >= 11 is 0. The molecule has 1 unspecified atom stereocenters. The summed E-state index contributed by atoms with van der Waals surface area (Å²) in [4.78, 5) is 11.3. The Morgan fingerprint density at radius 3 is 2.41 bits per heavy atom. The van der Waals surface area contributed by atoms with Gasteiger partial charge in [-0.2, -0.15) is 0 Å². The average Bonchev–Trinajstić information content (AvgIpc) is 2.23. The molecule has 0 aromatic carbocycles. The predicted molar refractivity (Wildman–Crippen MR) is 74.5 cm³/mol. The maximum absolute atomic E-state index is 4.69. The van der Waals surface area contributed by atoms with Crippen molar-refractivity contribution < 1.29 is 0 Å². The Bertz CT molecular complexity index is 238. The molecule has 1 saturated heterocycles. The van der Waals surface area contributed by atoms with Crippen molar-refractivity contribution in [3.63, 3.8) is 0 Å². The van der Waals surface area contributed by atoms with Crippen molar-refractivity contribution in [1.82, 2.24) is 14.7 Å². The third-order valence-electron chi connectivity index (χ3n) is 3.31. The highest BCUT2D eigenvalue weighted by Crippen LogP contribution is 2.18. The number of rotatable bonds is 3. The first kappa shape index (κ1) is 14.3. The topological polar surface area (TPSA) is 22.1 Å². The SMILES string of the molecule is CN1CCCC(CCN=C(N(C)C)N(C)C)C1. The highest BCUT2D eigenvalue weighted by atomic mass is 15.3. The molecule has 0 aromatic rings. The van der Waals surface area contributed by atoms with E-state index in [1.807, 2.05) is 28.2 Å². The third kappa shape index (κ3) is 4.94. The van der Waals surface area contributed by atoms with Crippen LogP contribution in [0.3, 0.4) is 0 Å². The molecule has 4 heteroatoms. The second kappa shape index (κ2) is 6.84. The molecule has 100 valence electrons. The van der Waals surface area contributed by atoms with E-state index >= 15 is 0 Å². The molecule has 4 nitrogen and oxygen atoms in total. The van der Waals surface area contributed by atoms with E-state index in [0.717, 1.165) is 18.4 Å². The van der Waals surface area contributed by atoms with Crippen molar-refractivity contribution >= 4 is 5.96 Å². The molecule has 1 atom stereocenters. The fourth-order valence-electron chi connectivity index (χ4n) is 2.54. The van der Waals surface area contributed by atoms with Crippen LogP contribution in [0.2, 0.25) is 0 Å². The monoisotopic (exact) mass is 240 g/mol. The molecule has 0 spiro atoms. The number of hydrogen-bond acceptors (Lipinski definition) is 2. The number of hydrogen-bond donors (Lipinski definition) is 0. The maximum atomic E-state index is 4.69. The van der Waals surface area contributed by atoms with Gasteiger partial charge >= 0.3 is 0 Å². The van der Waals surface area contributed by atoms with Crippen LogP contribution < -0.4 is 0 Å². The maximum Gasteiger partial charge on any atom is 0.195 e. The molecule has 1 heterocycles. The summed E-state index contributed by atoms with van der Waals surface area (Å²) in [5.74, 6) is 1.90. The lowest BCUT2D eigenvalue weighted by Crippen LogP contribution is -2.36. The molecule has 17 heavy (non-hydrogen) atoms. The highest BCUT2D eigenvalue weighted by molar-refractivity contribution is 5.79. The van der Waals surface area contributed by atoms with Crippen molar-refractivity contribution in [2.45, 2.75) is 19.3 Å². The highest BCUT2D eigenvalue weighted by Gasteiger charge is 2.16. The first-order chi connectivity index (χ1) is 8.00. The number of likely N-dealkylation sites (tertiary alicyclic amines) is 1. The van der Waals surface area contributed by atoms with Crippen molar-refractivity contribution in [3.8, 4) is 0 Å². The van der Waals surface area contributed by atoms with Gasteiger partial charge in [0.1, 0.15) is 0 Å². The molecule has 1 rings (SSSR count). The van der Waals surface area contributed by atoms with Gasteiger partial charge in [0.15, 0.2) is 5.96 Å². The minimum Gasteiger partial charge on any atom is -0.349 e. The van der Waals surface area contributed by atoms with Crippen LogP contribution in [0, 0.1) is 5.92 Å². The number of piperidine rings is 1. The molecular weight excluding hydrogens is 212 g/mol. The number of nitrogens with zero attached hydrogens (tertiary/aromatic N) is 4. The van der Waals surface area contributed by atoms with Gasteiger partial charge in [-0.15, -0.1) is 0 Å². The van der Waals surface area contributed by atoms with E-state index in [4.69, 9.17) is 4.99 Å². The van der Waals surface area contributed by atoms with Gasteiger partial charge in [-0.1, -0.05) is 0 Å². The lowest BCUT2D eigenvalue weighted by atomic mass is 9.95. The summed E-state index contributed by atoms with van der Waals surface area (Å²) in [6.07, 6.45) is 3.94. The van der Waals surface area contributed by atoms with Crippen LogP contribution >= 0.6 is 0 Å². The van der Waals surface area contributed by atoms with Crippen LogP contribution in [0.4, 0.5) is 0 Å². The molecule has 0 N–H and O–H groups in total. The van der Waals surface area contributed by atoms with Crippen LogP contribution in [0.15, 0.2) is 4.99 Å². The van der Waals surface area contributed by atoms with Crippen LogP contribution in [0.5, 0.6) is 0 Å². The number of guanidine groups is 1. The van der Waals surface area contributed by atoms with E-state index < -0.39 is 0 Å². The summed E-state index contributed by atoms with van der Waals surface area (Å²) in [6.45, 7) is 3.46. The van der Waals surface area contributed by atoms with E-state index in [0.29, 0.717) is 0 Å². The quantitative estimate of drug-likeness (QED) is 0.547. The van der Waals surface area contributed by atoms with Crippen LogP contribution in [0.25, 0.3) is 0 Å². The van der Waals surface area contributed by atoms with Crippen molar-refractivity contribution in [3.05, 3.63) is 0 Å². The second-order valence-corrected chi connectivity index (χ2v) is 5.53. The smallest absolute Gasteiger partial charge is 0.195 e. The van der Waals surface area contributed by atoms with Gasteiger partial charge in [0, 0.05) is 41.3 Å². The molecule has 0 radical (unpaired) electrons. The zero-order valence-electron chi connectivity index (χ0n) is 12.1. The summed E-state index contributed by atoms with van der Waals surface area (Å²) in [7, 11) is 10.4. The van der Waals surface area contributed by atoms with E-state index in [9.17, 15) is 0 Å². The van der Waals surface area contributed by atoms with E-state index in [1.165, 1.54) is 32.4 Å². The molecule has 0 amide bonds. The minimum atomic E-state index is 0.836. The Kier molecular flexibility index (Phi) is 5.75. The third-order valence-corrected chi connectivity index (χ3v) is 3.31. The Balaban J connectivity index is 2.36. The van der Waals surface area contributed by atoms with Gasteiger partial charge in [-0.3, -0.25) is 4.99 Å².